The second-order valence-corrected chi connectivity index (χ2v) is 5.14. The molecular formula is C12H26O9P-. The number of rotatable bonds is 17. The van der Waals surface area contributed by atoms with Gasteiger partial charge in [-0.2, -0.15) is 0 Å². The van der Waals surface area contributed by atoms with E-state index in [1.807, 2.05) is 6.92 Å². The van der Waals surface area contributed by atoms with Gasteiger partial charge in [0.25, 0.3) is 7.82 Å². The molecule has 22 heavy (non-hydrogen) atoms. The summed E-state index contributed by atoms with van der Waals surface area (Å²) < 4.78 is 40.2. The van der Waals surface area contributed by atoms with Crippen molar-refractivity contribution in [3.63, 3.8) is 0 Å². The molecule has 0 spiro atoms. The SMILES string of the molecule is CCOCCOCCOCCOCCOCCOP(=O)([O-])O. The monoisotopic (exact) mass is 345 g/mol. The quantitative estimate of drug-likeness (QED) is 0.277. The predicted molar refractivity (Wildman–Crippen MR) is 75.5 cm³/mol. The smallest absolute Gasteiger partial charge is 0.265 e. The normalized spacial score (nSPS) is 14.1. The Bertz CT molecular complexity index is 271. The van der Waals surface area contributed by atoms with Crippen molar-refractivity contribution in [1.29, 1.82) is 0 Å². The molecule has 0 rings (SSSR count). The first-order chi connectivity index (χ1) is 10.6. The van der Waals surface area contributed by atoms with E-state index in [4.69, 9.17) is 28.6 Å². The van der Waals surface area contributed by atoms with E-state index in [0.29, 0.717) is 59.5 Å². The zero-order valence-corrected chi connectivity index (χ0v) is 13.8. The summed E-state index contributed by atoms with van der Waals surface area (Å²) in [6, 6.07) is 0. The fraction of sp³-hybridized carbons (Fsp3) is 1.00. The predicted octanol–water partition coefficient (Wildman–Crippen LogP) is -0.433. The van der Waals surface area contributed by atoms with E-state index in [0.717, 1.165) is 0 Å². The van der Waals surface area contributed by atoms with Crippen LogP contribution in [-0.2, 0) is 32.8 Å². The molecule has 1 N–H and O–H groups in total. The molecule has 10 heteroatoms. The summed E-state index contributed by atoms with van der Waals surface area (Å²) >= 11 is 0. The van der Waals surface area contributed by atoms with Gasteiger partial charge in [-0.05, 0) is 6.92 Å². The fourth-order valence-corrected chi connectivity index (χ4v) is 1.54. The average molecular weight is 345 g/mol. The fourth-order valence-electron chi connectivity index (χ4n) is 1.24. The lowest BCUT2D eigenvalue weighted by atomic mass is 10.7. The standard InChI is InChI=1S/C12H27O9P/c1-2-16-3-4-17-5-6-18-7-8-19-9-10-20-11-12-21-22(13,14)15/h2-12H2,1H3,(H2,13,14,15)/p-1. The maximum absolute atomic E-state index is 10.2. The first-order valence-corrected chi connectivity index (χ1v) is 8.63. The average Bonchev–Trinajstić information content (AvgIpc) is 2.45. The van der Waals surface area contributed by atoms with Gasteiger partial charge in [0.2, 0.25) is 0 Å². The summed E-state index contributed by atoms with van der Waals surface area (Å²) in [5.74, 6) is 0. The van der Waals surface area contributed by atoms with E-state index in [1.54, 1.807) is 0 Å². The third-order valence-corrected chi connectivity index (χ3v) is 2.68. The van der Waals surface area contributed by atoms with E-state index in [2.05, 4.69) is 4.52 Å². The zero-order chi connectivity index (χ0) is 16.5. The Morgan fingerprint density at radius 2 is 1.05 bits per heavy atom. The van der Waals surface area contributed by atoms with Gasteiger partial charge in [-0.15, -0.1) is 0 Å². The molecule has 9 nitrogen and oxygen atoms in total. The molecule has 0 heterocycles. The summed E-state index contributed by atoms with van der Waals surface area (Å²) in [5, 5.41) is 0. The van der Waals surface area contributed by atoms with E-state index in [1.165, 1.54) is 0 Å². The molecule has 0 aliphatic carbocycles. The summed E-state index contributed by atoms with van der Waals surface area (Å²) in [6.45, 7) is 6.20. The Labute approximate surface area is 131 Å². The molecular weight excluding hydrogens is 319 g/mol. The van der Waals surface area contributed by atoms with E-state index >= 15 is 0 Å². The van der Waals surface area contributed by atoms with Gasteiger partial charge in [0.15, 0.2) is 0 Å². The van der Waals surface area contributed by atoms with Crippen molar-refractivity contribution in [2.45, 2.75) is 6.92 Å². The first kappa shape index (κ1) is 21.9. The lowest BCUT2D eigenvalue weighted by Crippen LogP contribution is -2.14. The van der Waals surface area contributed by atoms with Crippen molar-refractivity contribution in [3.8, 4) is 0 Å². The highest BCUT2D eigenvalue weighted by molar-refractivity contribution is 7.44. The van der Waals surface area contributed by atoms with Crippen LogP contribution in [0.15, 0.2) is 0 Å². The summed E-state index contributed by atoms with van der Waals surface area (Å²) in [6.07, 6.45) is 0. The van der Waals surface area contributed by atoms with Gasteiger partial charge < -0.3 is 38.0 Å². The molecule has 0 aliphatic heterocycles. The van der Waals surface area contributed by atoms with Gasteiger partial charge in [-0.1, -0.05) is 0 Å². The van der Waals surface area contributed by atoms with Gasteiger partial charge >= 0.3 is 0 Å². The number of ether oxygens (including phenoxy) is 5. The van der Waals surface area contributed by atoms with Crippen molar-refractivity contribution in [2.24, 2.45) is 0 Å². The van der Waals surface area contributed by atoms with E-state index in [-0.39, 0.29) is 13.2 Å². The molecule has 0 aromatic heterocycles. The highest BCUT2D eigenvalue weighted by Crippen LogP contribution is 2.29. The van der Waals surface area contributed by atoms with Crippen LogP contribution in [0.4, 0.5) is 0 Å². The minimum Gasteiger partial charge on any atom is -0.756 e. The second kappa shape index (κ2) is 15.8. The Kier molecular flexibility index (Phi) is 15.7. The van der Waals surface area contributed by atoms with Crippen molar-refractivity contribution >= 4 is 7.82 Å². The number of hydrogen-bond donors (Lipinski definition) is 1. The second-order valence-electron chi connectivity index (χ2n) is 3.95. The van der Waals surface area contributed by atoms with Crippen molar-refractivity contribution in [1.82, 2.24) is 0 Å². The summed E-state index contributed by atoms with van der Waals surface area (Å²) in [5.41, 5.74) is 0. The maximum Gasteiger partial charge on any atom is 0.265 e. The molecule has 0 amide bonds. The van der Waals surface area contributed by atoms with Gasteiger partial charge in [0, 0.05) is 6.61 Å². The Morgan fingerprint density at radius 3 is 1.36 bits per heavy atom. The van der Waals surface area contributed by atoms with Crippen LogP contribution in [0.1, 0.15) is 6.92 Å². The van der Waals surface area contributed by atoms with Crippen molar-refractivity contribution < 1.29 is 42.6 Å². The van der Waals surface area contributed by atoms with Gasteiger partial charge in [-0.25, -0.2) is 0 Å². The van der Waals surface area contributed by atoms with Gasteiger partial charge in [0.05, 0.1) is 66.1 Å². The van der Waals surface area contributed by atoms with Crippen LogP contribution in [-0.4, -0.2) is 77.6 Å². The molecule has 0 aromatic rings. The number of phosphoric acid groups is 1. The summed E-state index contributed by atoms with van der Waals surface area (Å²) in [4.78, 5) is 18.5. The molecule has 0 radical (unpaired) electrons. The Hall–Kier alpha value is -0.0900. The van der Waals surface area contributed by atoms with Gasteiger partial charge in [0.1, 0.15) is 0 Å². The topological polar surface area (TPSA) is 116 Å². The van der Waals surface area contributed by atoms with Crippen LogP contribution in [0, 0.1) is 0 Å². The molecule has 1 atom stereocenters. The molecule has 0 aliphatic rings. The summed E-state index contributed by atoms with van der Waals surface area (Å²) in [7, 11) is -4.65. The van der Waals surface area contributed by atoms with Crippen LogP contribution in [0.3, 0.4) is 0 Å². The minimum absolute atomic E-state index is 0.0612. The molecule has 134 valence electrons. The Morgan fingerprint density at radius 1 is 0.727 bits per heavy atom. The highest BCUT2D eigenvalue weighted by Gasteiger charge is 2.00. The van der Waals surface area contributed by atoms with Crippen molar-refractivity contribution in [2.75, 3.05) is 72.7 Å². The largest absolute Gasteiger partial charge is 0.756 e. The number of hydrogen-bond acceptors (Lipinski definition) is 8. The minimum atomic E-state index is -4.65. The van der Waals surface area contributed by atoms with Crippen LogP contribution < -0.4 is 4.89 Å². The zero-order valence-electron chi connectivity index (χ0n) is 12.9. The highest BCUT2D eigenvalue weighted by atomic mass is 31.2. The van der Waals surface area contributed by atoms with Gasteiger partial charge in [-0.3, -0.25) is 4.57 Å². The van der Waals surface area contributed by atoms with E-state index < -0.39 is 7.82 Å². The van der Waals surface area contributed by atoms with Crippen molar-refractivity contribution in [3.05, 3.63) is 0 Å². The lowest BCUT2D eigenvalue weighted by Gasteiger charge is -2.15. The first-order valence-electron chi connectivity index (χ1n) is 7.13. The molecule has 0 bridgehead atoms. The lowest BCUT2D eigenvalue weighted by molar-refractivity contribution is -0.220. The Balaban J connectivity index is 3.01. The van der Waals surface area contributed by atoms with Crippen LogP contribution >= 0.6 is 7.82 Å². The molecule has 0 aromatic carbocycles. The molecule has 0 saturated heterocycles. The maximum atomic E-state index is 10.2. The van der Waals surface area contributed by atoms with Crippen LogP contribution in [0.5, 0.6) is 0 Å². The molecule has 1 unspecified atom stereocenters. The molecule has 0 saturated carbocycles. The third kappa shape index (κ3) is 19.9. The van der Waals surface area contributed by atoms with E-state index in [9.17, 15) is 9.46 Å². The van der Waals surface area contributed by atoms with Crippen LogP contribution in [0.25, 0.3) is 0 Å². The van der Waals surface area contributed by atoms with Crippen LogP contribution in [0.2, 0.25) is 0 Å². The third-order valence-electron chi connectivity index (χ3n) is 2.17. The molecule has 0 fully saturated rings. The number of phosphoric ester groups is 1.